The van der Waals surface area contributed by atoms with Gasteiger partial charge in [0.1, 0.15) is 29.1 Å². The van der Waals surface area contributed by atoms with Gasteiger partial charge in [0.25, 0.3) is 0 Å². The highest BCUT2D eigenvalue weighted by Gasteiger charge is 2.60. The maximum absolute atomic E-state index is 14.3. The van der Waals surface area contributed by atoms with Crippen LogP contribution in [-0.2, 0) is 35.1 Å². The number of cyclic esters (lactones) is 1. The molecule has 2 fully saturated rings. The number of ketones is 2. The Morgan fingerprint density at radius 1 is 0.979 bits per heavy atom. The molecule has 1 amide bonds. The minimum atomic E-state index is -1.31. The standard InChI is InChI=1S/C36H54N4O7/c1-10-15-26-23(4)30(42)25(6)33(43)46-28(11-2)36(8)31(24(5)29(41)22(3)20-35(26,7)45-9)40(34(44)47-36)19-13-12-18-39-21-38-27-16-14-17-37-32(27)39/h14,16-17,21-26,28,31H,10-13,15,18-20H2,1-9H3/t22-,23-,24+,25-,26-,28-,31-,35-,36-/m1/s1. The number of amides is 1. The number of unbranched alkanes of at least 4 members (excludes halogenated alkanes) is 1. The number of methoxy groups -OCH3 is 1. The zero-order chi connectivity index (χ0) is 34.7. The van der Waals surface area contributed by atoms with Gasteiger partial charge < -0.3 is 23.7 Å². The van der Waals surface area contributed by atoms with Gasteiger partial charge in [0, 0.05) is 44.1 Å². The van der Waals surface area contributed by atoms with E-state index in [0.717, 1.165) is 24.0 Å². The van der Waals surface area contributed by atoms with E-state index < -0.39 is 59.1 Å². The summed E-state index contributed by atoms with van der Waals surface area (Å²) in [5.41, 5.74) is -0.478. The molecule has 0 aromatic carbocycles. The van der Waals surface area contributed by atoms with Gasteiger partial charge in [-0.15, -0.1) is 0 Å². The van der Waals surface area contributed by atoms with Gasteiger partial charge in [0.15, 0.2) is 11.2 Å². The molecule has 0 bridgehead atoms. The van der Waals surface area contributed by atoms with E-state index >= 15 is 0 Å². The highest BCUT2D eigenvalue weighted by molar-refractivity contribution is 6.00. The first-order valence-electron chi connectivity index (χ1n) is 17.3. The fourth-order valence-electron chi connectivity index (χ4n) is 8.26. The summed E-state index contributed by atoms with van der Waals surface area (Å²) in [4.78, 5) is 65.9. The number of aryl methyl sites for hydroxylation is 1. The molecular formula is C36H54N4O7. The van der Waals surface area contributed by atoms with E-state index in [1.807, 2.05) is 51.3 Å². The third-order valence-electron chi connectivity index (χ3n) is 11.0. The Morgan fingerprint density at radius 2 is 1.68 bits per heavy atom. The summed E-state index contributed by atoms with van der Waals surface area (Å²) >= 11 is 0. The van der Waals surface area contributed by atoms with E-state index in [0.29, 0.717) is 38.8 Å². The molecule has 0 N–H and O–H groups in total. The maximum Gasteiger partial charge on any atom is 0.410 e. The average molecular weight is 655 g/mol. The molecule has 0 radical (unpaired) electrons. The van der Waals surface area contributed by atoms with Crippen molar-refractivity contribution in [2.24, 2.45) is 29.6 Å². The van der Waals surface area contributed by atoms with Crippen molar-refractivity contribution in [3.8, 4) is 0 Å². The van der Waals surface area contributed by atoms with E-state index in [1.54, 1.807) is 38.4 Å². The van der Waals surface area contributed by atoms with Crippen LogP contribution in [0.25, 0.3) is 11.2 Å². The van der Waals surface area contributed by atoms with Crippen LogP contribution in [-0.4, -0.2) is 80.1 Å². The van der Waals surface area contributed by atoms with Crippen LogP contribution in [0.4, 0.5) is 4.79 Å². The zero-order valence-electron chi connectivity index (χ0n) is 29.7. The summed E-state index contributed by atoms with van der Waals surface area (Å²) in [7, 11) is 1.62. The predicted octanol–water partition coefficient (Wildman–Crippen LogP) is 6.02. The highest BCUT2D eigenvalue weighted by Crippen LogP contribution is 2.43. The van der Waals surface area contributed by atoms with Gasteiger partial charge in [-0.05, 0) is 70.9 Å². The van der Waals surface area contributed by atoms with Gasteiger partial charge in [-0.2, -0.15) is 0 Å². The second-order valence-electron chi connectivity index (χ2n) is 14.1. The number of esters is 1. The normalized spacial score (nSPS) is 34.2. The van der Waals surface area contributed by atoms with E-state index in [2.05, 4.69) is 16.9 Å². The molecule has 11 nitrogen and oxygen atoms in total. The van der Waals surface area contributed by atoms with Crippen molar-refractivity contribution in [2.45, 2.75) is 124 Å². The fraction of sp³-hybridized carbons (Fsp3) is 0.722. The number of hydrogen-bond donors (Lipinski definition) is 0. The van der Waals surface area contributed by atoms with E-state index in [4.69, 9.17) is 14.2 Å². The van der Waals surface area contributed by atoms with Crippen molar-refractivity contribution in [2.75, 3.05) is 13.7 Å². The molecule has 47 heavy (non-hydrogen) atoms. The molecule has 2 aromatic heterocycles. The van der Waals surface area contributed by atoms with Crippen molar-refractivity contribution < 1.29 is 33.4 Å². The number of aromatic nitrogens is 3. The Balaban J connectivity index is 1.66. The minimum absolute atomic E-state index is 0.0235. The van der Waals surface area contributed by atoms with E-state index in [-0.39, 0.29) is 17.5 Å². The number of carbonyl (C=O) groups is 4. The first-order chi connectivity index (χ1) is 22.2. The lowest BCUT2D eigenvalue weighted by atomic mass is 9.68. The van der Waals surface area contributed by atoms with Crippen molar-refractivity contribution >= 4 is 34.8 Å². The first kappa shape index (κ1) is 36.5. The molecule has 2 saturated heterocycles. The molecule has 2 aromatic rings. The van der Waals surface area contributed by atoms with Crippen molar-refractivity contribution in [3.05, 3.63) is 24.7 Å². The lowest BCUT2D eigenvalue weighted by Crippen LogP contribution is -2.58. The number of fused-ring (bicyclic) bond motifs is 2. The summed E-state index contributed by atoms with van der Waals surface area (Å²) in [6, 6.07) is 3.08. The van der Waals surface area contributed by atoms with Crippen LogP contribution >= 0.6 is 0 Å². The van der Waals surface area contributed by atoms with Crippen LogP contribution in [0.15, 0.2) is 24.7 Å². The van der Waals surface area contributed by atoms with Crippen LogP contribution in [0.2, 0.25) is 0 Å². The molecule has 2 aliphatic heterocycles. The molecule has 4 heterocycles. The molecule has 9 atom stereocenters. The molecule has 0 saturated carbocycles. The molecular weight excluding hydrogens is 600 g/mol. The molecule has 0 spiro atoms. The Bertz CT molecular complexity index is 1440. The number of imidazole rings is 1. The number of hydrogen-bond acceptors (Lipinski definition) is 9. The predicted molar refractivity (Wildman–Crippen MR) is 177 cm³/mol. The van der Waals surface area contributed by atoms with Gasteiger partial charge >= 0.3 is 12.1 Å². The Hall–Kier alpha value is -3.34. The monoisotopic (exact) mass is 654 g/mol. The topological polar surface area (TPSA) is 130 Å². The Morgan fingerprint density at radius 3 is 2.34 bits per heavy atom. The second-order valence-corrected chi connectivity index (χ2v) is 14.1. The van der Waals surface area contributed by atoms with E-state index in [9.17, 15) is 19.2 Å². The molecule has 2 aliphatic rings. The number of rotatable bonds is 9. The molecule has 4 rings (SSSR count). The summed E-state index contributed by atoms with van der Waals surface area (Å²) in [6.07, 6.45) is 5.76. The summed E-state index contributed by atoms with van der Waals surface area (Å²) in [5.74, 6) is -3.66. The molecule has 0 unspecified atom stereocenters. The molecule has 260 valence electrons. The van der Waals surface area contributed by atoms with Crippen LogP contribution in [0.5, 0.6) is 0 Å². The third kappa shape index (κ3) is 7.10. The number of Topliss-reactive ketones (excluding diaryl/α,β-unsaturated/α-hetero) is 2. The van der Waals surface area contributed by atoms with Gasteiger partial charge in [-0.25, -0.2) is 14.8 Å². The highest BCUT2D eigenvalue weighted by atomic mass is 16.6. The smallest absolute Gasteiger partial charge is 0.410 e. The summed E-state index contributed by atoms with van der Waals surface area (Å²) < 4.78 is 20.3. The summed E-state index contributed by atoms with van der Waals surface area (Å²) in [5, 5.41) is 0. The van der Waals surface area contributed by atoms with E-state index in [1.165, 1.54) is 0 Å². The van der Waals surface area contributed by atoms with Crippen molar-refractivity contribution in [1.82, 2.24) is 19.4 Å². The Labute approximate surface area is 279 Å². The zero-order valence-corrected chi connectivity index (χ0v) is 29.7. The quantitative estimate of drug-likeness (QED) is 0.181. The van der Waals surface area contributed by atoms with Crippen LogP contribution in [0.1, 0.15) is 93.9 Å². The second kappa shape index (κ2) is 14.8. The molecule has 0 aliphatic carbocycles. The number of pyridine rings is 1. The maximum atomic E-state index is 14.3. The number of carbonyl (C=O) groups excluding carboxylic acids is 4. The number of nitrogens with zero attached hydrogens (tertiary/aromatic N) is 4. The third-order valence-corrected chi connectivity index (χ3v) is 11.0. The van der Waals surface area contributed by atoms with Crippen molar-refractivity contribution in [3.63, 3.8) is 0 Å². The summed E-state index contributed by atoms with van der Waals surface area (Å²) in [6.45, 7) is 15.8. The number of ether oxygens (including phenoxy) is 3. The van der Waals surface area contributed by atoms with Crippen LogP contribution in [0.3, 0.4) is 0 Å². The van der Waals surface area contributed by atoms with Gasteiger partial charge in [0.2, 0.25) is 0 Å². The van der Waals surface area contributed by atoms with Gasteiger partial charge in [-0.1, -0.05) is 41.0 Å². The fourth-order valence-corrected chi connectivity index (χ4v) is 8.26. The SMILES string of the molecule is CCC[C@@H]1[C@@H](C)C(=O)[C@@H](C)C(=O)O[C@H](CC)[C@@]2(C)OC(=O)N(CCCCn3cnc4cccnc43)[C@@H]2[C@@H](C)C(=O)[C@H](C)C[C@@]1(C)OC. The molecule has 11 heteroatoms. The minimum Gasteiger partial charge on any atom is -0.458 e. The largest absolute Gasteiger partial charge is 0.458 e. The first-order valence-corrected chi connectivity index (χ1v) is 17.3. The Kier molecular flexibility index (Phi) is 11.5. The van der Waals surface area contributed by atoms with Gasteiger partial charge in [0.05, 0.1) is 18.0 Å². The lowest BCUT2D eigenvalue weighted by Gasteiger charge is -2.44. The van der Waals surface area contributed by atoms with Crippen LogP contribution < -0.4 is 0 Å². The average Bonchev–Trinajstić information content (AvgIpc) is 3.59. The van der Waals surface area contributed by atoms with Gasteiger partial charge in [-0.3, -0.25) is 14.4 Å². The van der Waals surface area contributed by atoms with Crippen molar-refractivity contribution in [1.29, 1.82) is 0 Å². The lowest BCUT2D eigenvalue weighted by molar-refractivity contribution is -0.172. The van der Waals surface area contributed by atoms with Crippen LogP contribution in [0, 0.1) is 29.6 Å².